The zero-order chi connectivity index (χ0) is 10.3. The molecule has 1 aliphatic heterocycles. The Bertz CT molecular complexity index is 317. The third-order valence-electron chi connectivity index (χ3n) is 2.37. The van der Waals surface area contributed by atoms with Crippen LogP contribution in [0.4, 0.5) is 0 Å². The Balaban J connectivity index is 0.000000183. The third-order valence-corrected chi connectivity index (χ3v) is 8.28. The van der Waals surface area contributed by atoms with Crippen LogP contribution in [-0.2, 0) is 17.1 Å². The molecule has 0 bridgehead atoms. The molecule has 0 spiro atoms. The second-order valence-electron chi connectivity index (χ2n) is 3.52. The Morgan fingerprint density at radius 3 is 2.00 bits per heavy atom. The van der Waals surface area contributed by atoms with Crippen molar-refractivity contribution in [3.63, 3.8) is 0 Å². The van der Waals surface area contributed by atoms with Crippen LogP contribution in [0.25, 0.3) is 0 Å². The summed E-state index contributed by atoms with van der Waals surface area (Å²) < 4.78 is 0. The molecule has 1 heterocycles. The molecule has 0 nitrogen and oxygen atoms in total. The summed E-state index contributed by atoms with van der Waals surface area (Å²) in [6, 6.07) is 18.9. The molecule has 92 valence electrons. The van der Waals surface area contributed by atoms with Crippen molar-refractivity contribution in [2.75, 3.05) is 12.3 Å². The van der Waals surface area contributed by atoms with Gasteiger partial charge in [0.2, 0.25) is 0 Å². The summed E-state index contributed by atoms with van der Waals surface area (Å²) in [5.74, 6) is 0. The molecule has 16 heavy (non-hydrogen) atoms. The van der Waals surface area contributed by atoms with Crippen molar-refractivity contribution in [3.8, 4) is 0 Å². The summed E-state index contributed by atoms with van der Waals surface area (Å²) in [4.78, 5) is 0. The maximum absolute atomic E-state index is 2.30. The molecule has 2 aromatic carbocycles. The average molecular weight is 290 g/mol. The molecule has 1 saturated heterocycles. The molecule has 1 fully saturated rings. The topological polar surface area (TPSA) is 0 Å². The maximum Gasteiger partial charge on any atom is 0 e. The maximum atomic E-state index is 2.30. The Morgan fingerprint density at radius 1 is 1.00 bits per heavy atom. The van der Waals surface area contributed by atoms with Gasteiger partial charge in [-0.3, -0.25) is 0 Å². The number of hydrogen-bond donors (Lipinski definition) is 0. The van der Waals surface area contributed by atoms with Crippen LogP contribution in [0.3, 0.4) is 0 Å². The van der Waals surface area contributed by atoms with Crippen molar-refractivity contribution in [2.45, 2.75) is 6.42 Å². The van der Waals surface area contributed by atoms with Crippen LogP contribution in [0.15, 0.2) is 54.6 Å². The van der Waals surface area contributed by atoms with Crippen molar-refractivity contribution in [1.82, 2.24) is 0 Å². The first-order valence-electron chi connectivity index (χ1n) is 5.36. The molecule has 0 saturated carbocycles. The van der Waals surface area contributed by atoms with Crippen molar-refractivity contribution in [1.29, 1.82) is 0 Å². The third kappa shape index (κ3) is 4.52. The van der Waals surface area contributed by atoms with Gasteiger partial charge in [-0.1, -0.05) is 0 Å². The van der Waals surface area contributed by atoms with E-state index in [4.69, 9.17) is 0 Å². The molecule has 0 aliphatic carbocycles. The fraction of sp³-hybridized carbons (Fsp3) is 0.231. The van der Waals surface area contributed by atoms with Gasteiger partial charge in [0.25, 0.3) is 0 Å². The monoisotopic (exact) mass is 290 g/mol. The molecule has 0 aromatic heterocycles. The van der Waals surface area contributed by atoms with E-state index in [0.29, 0.717) is 7.61 Å². The van der Waals surface area contributed by atoms with Gasteiger partial charge < -0.3 is 30.3 Å². The van der Waals surface area contributed by atoms with E-state index >= 15 is 0 Å². The van der Waals surface area contributed by atoms with Crippen LogP contribution in [0.5, 0.6) is 0 Å². The molecule has 3 heteroatoms. The SMILES string of the molecule is [Fe].[cH-]1[cH-][cH-][cH-][cH-]1.c1cc[c-](P2CCCP2)c1. The summed E-state index contributed by atoms with van der Waals surface area (Å²) in [7, 11) is 1.58. The second kappa shape index (κ2) is 8.21. The quantitative estimate of drug-likeness (QED) is 0.424. The number of rotatable bonds is 1. The zero-order valence-electron chi connectivity index (χ0n) is 9.12. The molecule has 0 radical (unpaired) electrons. The fourth-order valence-corrected chi connectivity index (χ4v) is 7.35. The summed E-state index contributed by atoms with van der Waals surface area (Å²) in [5.41, 5.74) is 0. The first kappa shape index (κ1) is 14.1. The smallest absolute Gasteiger partial charge is 0 e. The van der Waals surface area contributed by atoms with Crippen molar-refractivity contribution >= 4 is 21.2 Å². The van der Waals surface area contributed by atoms with E-state index in [0.717, 1.165) is 0 Å². The van der Waals surface area contributed by atoms with Gasteiger partial charge >= 0.3 is 0 Å². The van der Waals surface area contributed by atoms with Crippen LogP contribution < -0.4 is 5.30 Å². The van der Waals surface area contributed by atoms with Crippen LogP contribution in [0, 0.1) is 0 Å². The summed E-state index contributed by atoms with van der Waals surface area (Å²) in [5, 5.41) is 1.64. The van der Waals surface area contributed by atoms with Crippen molar-refractivity contribution < 1.29 is 17.1 Å². The molecular weight excluding hydrogens is 274 g/mol. The average Bonchev–Trinajstić information content (AvgIpc) is 3.06. The van der Waals surface area contributed by atoms with Gasteiger partial charge in [0.1, 0.15) is 0 Å². The van der Waals surface area contributed by atoms with E-state index < -0.39 is 0 Å². The summed E-state index contributed by atoms with van der Waals surface area (Å²) in [6.45, 7) is 0. The van der Waals surface area contributed by atoms with Gasteiger partial charge in [0.15, 0.2) is 0 Å². The first-order valence-corrected chi connectivity index (χ1v) is 8.94. The van der Waals surface area contributed by atoms with Gasteiger partial charge in [-0.05, 0) is 18.7 Å². The molecular formula is C13H16FeP2-6. The predicted octanol–water partition coefficient (Wildman–Crippen LogP) is 3.91. The molecule has 0 amide bonds. The largest absolute Gasteiger partial charge is 0.748 e. The van der Waals surface area contributed by atoms with E-state index in [2.05, 4.69) is 24.3 Å². The van der Waals surface area contributed by atoms with Crippen molar-refractivity contribution in [2.24, 2.45) is 0 Å². The predicted molar refractivity (Wildman–Crippen MR) is 73.3 cm³/mol. The van der Waals surface area contributed by atoms with Crippen LogP contribution in [0.2, 0.25) is 0 Å². The van der Waals surface area contributed by atoms with Crippen LogP contribution in [-0.4, -0.2) is 12.3 Å². The van der Waals surface area contributed by atoms with Crippen molar-refractivity contribution in [3.05, 3.63) is 54.6 Å². The van der Waals surface area contributed by atoms with E-state index in [9.17, 15) is 0 Å². The fourth-order valence-electron chi connectivity index (χ4n) is 1.62. The zero-order valence-corrected chi connectivity index (χ0v) is 12.1. The first-order chi connectivity index (χ1) is 7.47. The standard InChI is InChI=1S/C8H11P2.C5H5.Fe/c1-2-5-8(4-1)10-7-3-6-9-10;1-2-4-5-3-1;/h1-2,4-5,9H,3,6-7H2;1-5H;/q-1;-5;. The molecule has 2 aromatic rings. The molecule has 1 aliphatic rings. The van der Waals surface area contributed by atoms with E-state index in [1.165, 1.54) is 27.0 Å². The minimum atomic E-state index is 0. The molecule has 2 atom stereocenters. The van der Waals surface area contributed by atoms with E-state index in [1.54, 1.807) is 5.30 Å². The van der Waals surface area contributed by atoms with Crippen LogP contribution in [0.1, 0.15) is 6.42 Å². The van der Waals surface area contributed by atoms with Gasteiger partial charge in [-0.25, -0.2) is 12.1 Å². The molecule has 3 rings (SSSR count). The Kier molecular flexibility index (Phi) is 7.26. The Hall–Kier alpha value is 0.0795. The Morgan fingerprint density at radius 2 is 1.56 bits per heavy atom. The van der Waals surface area contributed by atoms with E-state index in [1.807, 2.05) is 30.3 Å². The summed E-state index contributed by atoms with van der Waals surface area (Å²) in [6.07, 6.45) is 4.48. The van der Waals surface area contributed by atoms with Gasteiger partial charge in [-0.15, -0.1) is 21.2 Å². The van der Waals surface area contributed by atoms with Gasteiger partial charge in [-0.2, -0.15) is 12.1 Å². The van der Waals surface area contributed by atoms with Crippen LogP contribution >= 0.6 is 15.9 Å². The second-order valence-corrected chi connectivity index (χ2v) is 8.72. The van der Waals surface area contributed by atoms with Gasteiger partial charge in [0, 0.05) is 17.1 Å². The minimum Gasteiger partial charge on any atom is -0.748 e. The minimum absolute atomic E-state index is 0. The van der Waals surface area contributed by atoms with E-state index in [-0.39, 0.29) is 17.1 Å². The molecule has 0 N–H and O–H groups in total. The van der Waals surface area contributed by atoms with Gasteiger partial charge in [0.05, 0.1) is 0 Å². The molecule has 2 unspecified atom stereocenters. The Labute approximate surface area is 111 Å². The number of hydrogen-bond acceptors (Lipinski definition) is 0. The normalized spacial score (nSPS) is 19.9. The summed E-state index contributed by atoms with van der Waals surface area (Å²) >= 11 is 0.